The van der Waals surface area contributed by atoms with Crippen LogP contribution in [0, 0.1) is 0 Å². The highest BCUT2D eigenvalue weighted by atomic mass is 16.5. The van der Waals surface area contributed by atoms with Gasteiger partial charge < -0.3 is 24.6 Å². The lowest BCUT2D eigenvalue weighted by molar-refractivity contribution is -0.125. The molecule has 0 aliphatic carbocycles. The average molecular weight is 388 g/mol. The topological polar surface area (TPSA) is 89.1 Å². The molecule has 7 heteroatoms. The fourth-order valence-electron chi connectivity index (χ4n) is 2.75. The fourth-order valence-corrected chi connectivity index (χ4v) is 2.75. The summed E-state index contributed by atoms with van der Waals surface area (Å²) in [5, 5.41) is 15.4. The standard InChI is InChI=1S/C21H28N2O5/c1-14(24)20(21(25)22-2)23-12-16-8-9-18(11-19(16)27-4)28-13-15-6-5-7-17(10-15)26-3/h5-11,14,20,23-24H,12-13H2,1-4H3,(H,22,25)/t14-,20?/m0/s1. The molecule has 0 spiro atoms. The van der Waals surface area contributed by atoms with Crippen LogP contribution in [-0.4, -0.2) is 44.4 Å². The van der Waals surface area contributed by atoms with Gasteiger partial charge in [-0.2, -0.15) is 0 Å². The zero-order valence-electron chi connectivity index (χ0n) is 16.7. The summed E-state index contributed by atoms with van der Waals surface area (Å²) in [6.07, 6.45) is -0.823. The van der Waals surface area contributed by atoms with Gasteiger partial charge in [0.1, 0.15) is 29.9 Å². The number of benzene rings is 2. The van der Waals surface area contributed by atoms with Crippen molar-refractivity contribution in [1.29, 1.82) is 0 Å². The Labute approximate surface area is 165 Å². The number of aliphatic hydroxyl groups is 1. The highest BCUT2D eigenvalue weighted by Gasteiger charge is 2.22. The Kier molecular flexibility index (Phi) is 8.10. The van der Waals surface area contributed by atoms with Crippen molar-refractivity contribution in [2.45, 2.75) is 32.2 Å². The molecule has 2 aromatic rings. The number of carbonyl (C=O) groups excluding carboxylic acids is 1. The van der Waals surface area contributed by atoms with Crippen LogP contribution in [0.4, 0.5) is 0 Å². The molecule has 152 valence electrons. The molecule has 28 heavy (non-hydrogen) atoms. The normalized spacial score (nSPS) is 12.8. The minimum Gasteiger partial charge on any atom is -0.497 e. The number of ether oxygens (including phenoxy) is 3. The second-order valence-electron chi connectivity index (χ2n) is 6.33. The molecule has 0 saturated heterocycles. The van der Waals surface area contributed by atoms with E-state index < -0.39 is 12.1 Å². The van der Waals surface area contributed by atoms with Crippen LogP contribution in [0.25, 0.3) is 0 Å². The Hall–Kier alpha value is -2.77. The summed E-state index contributed by atoms with van der Waals surface area (Å²) in [6.45, 7) is 2.33. The van der Waals surface area contributed by atoms with Gasteiger partial charge in [0.25, 0.3) is 0 Å². The molecular weight excluding hydrogens is 360 g/mol. The lowest BCUT2D eigenvalue weighted by Gasteiger charge is -2.20. The Morgan fingerprint density at radius 2 is 1.89 bits per heavy atom. The number of carbonyl (C=O) groups is 1. The molecule has 1 amide bonds. The maximum Gasteiger partial charge on any atom is 0.239 e. The molecule has 0 heterocycles. The molecule has 3 N–H and O–H groups in total. The number of rotatable bonds is 10. The van der Waals surface area contributed by atoms with Gasteiger partial charge in [-0.15, -0.1) is 0 Å². The Morgan fingerprint density at radius 1 is 1.11 bits per heavy atom. The van der Waals surface area contributed by atoms with Crippen LogP contribution in [0.1, 0.15) is 18.1 Å². The summed E-state index contributed by atoms with van der Waals surface area (Å²) in [5.74, 6) is 1.81. The van der Waals surface area contributed by atoms with Crippen molar-refractivity contribution in [1.82, 2.24) is 10.6 Å². The minimum atomic E-state index is -0.823. The van der Waals surface area contributed by atoms with Crippen LogP contribution in [0.3, 0.4) is 0 Å². The third-order valence-corrected chi connectivity index (χ3v) is 4.32. The van der Waals surface area contributed by atoms with Crippen molar-refractivity contribution in [2.24, 2.45) is 0 Å². The van der Waals surface area contributed by atoms with E-state index in [1.165, 1.54) is 7.05 Å². The van der Waals surface area contributed by atoms with Crippen molar-refractivity contribution in [3.63, 3.8) is 0 Å². The van der Waals surface area contributed by atoms with E-state index in [0.29, 0.717) is 24.7 Å². The molecule has 0 fully saturated rings. The fraction of sp³-hybridized carbons (Fsp3) is 0.381. The van der Waals surface area contributed by atoms with Crippen molar-refractivity contribution < 1.29 is 24.1 Å². The molecule has 0 aromatic heterocycles. The molecule has 1 unspecified atom stereocenters. The molecule has 0 radical (unpaired) electrons. The molecule has 2 rings (SSSR count). The predicted octanol–water partition coefficient (Wildman–Crippen LogP) is 1.87. The lowest BCUT2D eigenvalue weighted by atomic mass is 10.1. The second kappa shape index (κ2) is 10.5. The average Bonchev–Trinajstić information content (AvgIpc) is 2.72. The zero-order chi connectivity index (χ0) is 20.5. The Balaban J connectivity index is 2.03. The minimum absolute atomic E-state index is 0.271. The summed E-state index contributed by atoms with van der Waals surface area (Å²) >= 11 is 0. The van der Waals surface area contributed by atoms with Crippen molar-refractivity contribution >= 4 is 5.91 Å². The molecule has 2 atom stereocenters. The van der Waals surface area contributed by atoms with Gasteiger partial charge in [-0.3, -0.25) is 10.1 Å². The van der Waals surface area contributed by atoms with Gasteiger partial charge in [0.15, 0.2) is 0 Å². The van der Waals surface area contributed by atoms with Crippen molar-refractivity contribution in [2.75, 3.05) is 21.3 Å². The molecule has 0 aliphatic rings. The molecular formula is C21H28N2O5. The van der Waals surface area contributed by atoms with Gasteiger partial charge in [0.05, 0.1) is 20.3 Å². The number of hydrogen-bond acceptors (Lipinski definition) is 6. The highest BCUT2D eigenvalue weighted by Crippen LogP contribution is 2.26. The van der Waals surface area contributed by atoms with Gasteiger partial charge in [-0.05, 0) is 30.7 Å². The number of nitrogens with one attached hydrogen (secondary N) is 2. The van der Waals surface area contributed by atoms with E-state index in [1.807, 2.05) is 36.4 Å². The summed E-state index contributed by atoms with van der Waals surface area (Å²) in [5.41, 5.74) is 1.85. The van der Waals surface area contributed by atoms with Crippen LogP contribution in [0.15, 0.2) is 42.5 Å². The molecule has 0 aliphatic heterocycles. The van der Waals surface area contributed by atoms with E-state index >= 15 is 0 Å². The monoisotopic (exact) mass is 388 g/mol. The van der Waals surface area contributed by atoms with Crippen LogP contribution in [0.5, 0.6) is 17.2 Å². The quantitative estimate of drug-likeness (QED) is 0.576. The Bertz CT molecular complexity index is 779. The Morgan fingerprint density at radius 3 is 2.54 bits per heavy atom. The maximum atomic E-state index is 11.9. The second-order valence-corrected chi connectivity index (χ2v) is 6.33. The molecule has 7 nitrogen and oxygen atoms in total. The van der Waals surface area contributed by atoms with E-state index in [2.05, 4.69) is 10.6 Å². The molecule has 2 aromatic carbocycles. The first-order valence-electron chi connectivity index (χ1n) is 9.04. The molecule has 0 bridgehead atoms. The summed E-state index contributed by atoms with van der Waals surface area (Å²) in [4.78, 5) is 11.9. The maximum absolute atomic E-state index is 11.9. The van der Waals surface area contributed by atoms with Crippen LogP contribution in [-0.2, 0) is 17.9 Å². The van der Waals surface area contributed by atoms with Crippen molar-refractivity contribution in [3.05, 3.63) is 53.6 Å². The van der Waals surface area contributed by atoms with E-state index in [0.717, 1.165) is 16.9 Å². The lowest BCUT2D eigenvalue weighted by Crippen LogP contribution is -2.49. The first-order chi connectivity index (χ1) is 13.5. The number of hydrogen-bond donors (Lipinski definition) is 3. The van der Waals surface area contributed by atoms with E-state index in [4.69, 9.17) is 14.2 Å². The van der Waals surface area contributed by atoms with E-state index in [9.17, 15) is 9.90 Å². The van der Waals surface area contributed by atoms with Gasteiger partial charge >= 0.3 is 0 Å². The first kappa shape index (κ1) is 21.5. The van der Waals surface area contributed by atoms with Crippen LogP contribution < -0.4 is 24.8 Å². The number of likely N-dealkylation sites (N-methyl/N-ethyl adjacent to an activating group) is 1. The van der Waals surface area contributed by atoms with Crippen LogP contribution in [0.2, 0.25) is 0 Å². The van der Waals surface area contributed by atoms with E-state index in [-0.39, 0.29) is 5.91 Å². The third-order valence-electron chi connectivity index (χ3n) is 4.32. The largest absolute Gasteiger partial charge is 0.497 e. The molecule has 0 saturated carbocycles. The third kappa shape index (κ3) is 5.87. The smallest absolute Gasteiger partial charge is 0.239 e. The van der Waals surface area contributed by atoms with Gasteiger partial charge in [-0.1, -0.05) is 18.2 Å². The van der Waals surface area contributed by atoms with E-state index in [1.54, 1.807) is 27.2 Å². The highest BCUT2D eigenvalue weighted by molar-refractivity contribution is 5.82. The van der Waals surface area contributed by atoms with Gasteiger partial charge in [0.2, 0.25) is 5.91 Å². The summed E-state index contributed by atoms with van der Waals surface area (Å²) in [7, 11) is 4.74. The zero-order valence-corrected chi connectivity index (χ0v) is 16.7. The summed E-state index contributed by atoms with van der Waals surface area (Å²) in [6, 6.07) is 12.5. The number of aliphatic hydroxyl groups excluding tert-OH is 1. The first-order valence-corrected chi connectivity index (χ1v) is 9.04. The number of methoxy groups -OCH3 is 2. The summed E-state index contributed by atoms with van der Waals surface area (Å²) < 4.78 is 16.5. The SMILES string of the molecule is CNC(=O)C(NCc1ccc(OCc2cccc(OC)c2)cc1OC)[C@H](C)O. The van der Waals surface area contributed by atoms with Gasteiger partial charge in [-0.25, -0.2) is 0 Å². The van der Waals surface area contributed by atoms with Crippen molar-refractivity contribution in [3.8, 4) is 17.2 Å². The van der Waals surface area contributed by atoms with Gasteiger partial charge in [0, 0.05) is 25.2 Å². The van der Waals surface area contributed by atoms with Crippen LogP contribution >= 0.6 is 0 Å². The number of amides is 1. The predicted molar refractivity (Wildman–Crippen MR) is 107 cm³/mol.